The molecule has 2 aromatic carbocycles. The first kappa shape index (κ1) is 19.3. The van der Waals surface area contributed by atoms with Crippen molar-refractivity contribution >= 4 is 45.5 Å². The molecule has 1 aliphatic heterocycles. The highest BCUT2D eigenvalue weighted by Crippen LogP contribution is 2.33. The predicted molar refractivity (Wildman–Crippen MR) is 113 cm³/mol. The molecule has 0 spiro atoms. The second-order valence-electron chi connectivity index (χ2n) is 5.89. The van der Waals surface area contributed by atoms with Crippen LogP contribution in [0.2, 0.25) is 0 Å². The smallest absolute Gasteiger partial charge is 0.234 e. The van der Waals surface area contributed by atoms with E-state index in [1.54, 1.807) is 25.3 Å². The summed E-state index contributed by atoms with van der Waals surface area (Å²) < 4.78 is 17.0. The topological polar surface area (TPSA) is 94.6 Å². The molecule has 0 saturated heterocycles. The fraction of sp³-hybridized carbons (Fsp3) is 0.211. The molecule has 2 heterocycles. The lowest BCUT2D eigenvalue weighted by Gasteiger charge is -2.18. The molecule has 1 amide bonds. The molecule has 8 nitrogen and oxygen atoms in total. The minimum atomic E-state index is -0.138. The van der Waals surface area contributed by atoms with Crippen molar-refractivity contribution in [3.63, 3.8) is 0 Å². The van der Waals surface area contributed by atoms with Crippen LogP contribution in [0, 0.1) is 0 Å². The van der Waals surface area contributed by atoms with Crippen molar-refractivity contribution in [3.05, 3.63) is 42.5 Å². The monoisotopic (exact) mass is 430 g/mol. The Morgan fingerprint density at radius 3 is 2.86 bits per heavy atom. The average Bonchev–Trinajstić information content (AvgIpc) is 3.20. The first-order valence-corrected chi connectivity index (χ1v) is 10.6. The summed E-state index contributed by atoms with van der Waals surface area (Å²) in [6.07, 6.45) is 0. The number of methoxy groups -OCH3 is 1. The van der Waals surface area contributed by atoms with Crippen LogP contribution in [0.3, 0.4) is 0 Å². The number of thioether (sulfide) groups is 1. The van der Waals surface area contributed by atoms with Gasteiger partial charge in [-0.3, -0.25) is 4.79 Å². The summed E-state index contributed by atoms with van der Waals surface area (Å²) in [5, 5.41) is 14.9. The largest absolute Gasteiger partial charge is 0.495 e. The normalized spacial score (nSPS) is 12.3. The van der Waals surface area contributed by atoms with E-state index in [-0.39, 0.29) is 11.7 Å². The van der Waals surface area contributed by atoms with Gasteiger partial charge >= 0.3 is 0 Å². The summed E-state index contributed by atoms with van der Waals surface area (Å²) in [5.74, 6) is 2.12. The summed E-state index contributed by atoms with van der Waals surface area (Å²) in [7, 11) is 1.61. The molecule has 1 aromatic heterocycles. The first-order chi connectivity index (χ1) is 14.2. The molecule has 0 saturated carbocycles. The standard InChI is InChI=1S/C19H18N4O4S2/c1-25-14-5-3-2-4-13(14)21-18-22-23-19(29-18)28-11-17(24)20-12-6-7-15-16(10-12)27-9-8-26-15/h2-7,10H,8-9,11H2,1H3,(H,20,24)(H,21,22). The number of nitrogens with zero attached hydrogens (tertiary/aromatic N) is 2. The second kappa shape index (κ2) is 9.01. The molecule has 0 bridgehead atoms. The van der Waals surface area contributed by atoms with Gasteiger partial charge in [-0.1, -0.05) is 35.2 Å². The number of hydrogen-bond donors (Lipinski definition) is 2. The quantitative estimate of drug-likeness (QED) is 0.547. The Hall–Kier alpha value is -2.98. The number of benzene rings is 2. The van der Waals surface area contributed by atoms with Gasteiger partial charge in [0.15, 0.2) is 15.8 Å². The first-order valence-electron chi connectivity index (χ1n) is 8.77. The van der Waals surface area contributed by atoms with Crippen molar-refractivity contribution in [2.75, 3.05) is 36.7 Å². The van der Waals surface area contributed by atoms with Gasteiger partial charge in [0, 0.05) is 11.8 Å². The lowest BCUT2D eigenvalue weighted by atomic mass is 10.2. The number of hydrogen-bond acceptors (Lipinski definition) is 9. The Morgan fingerprint density at radius 1 is 1.17 bits per heavy atom. The highest BCUT2D eigenvalue weighted by atomic mass is 32.2. The van der Waals surface area contributed by atoms with Crippen LogP contribution >= 0.6 is 23.1 Å². The Kier molecular flexibility index (Phi) is 6.01. The van der Waals surface area contributed by atoms with E-state index in [0.29, 0.717) is 39.9 Å². The van der Waals surface area contributed by atoms with Gasteiger partial charge in [0.2, 0.25) is 11.0 Å². The summed E-state index contributed by atoms with van der Waals surface area (Å²) in [6.45, 7) is 1.04. The van der Waals surface area contributed by atoms with Crippen LogP contribution in [0.1, 0.15) is 0 Å². The van der Waals surface area contributed by atoms with E-state index < -0.39 is 0 Å². The minimum absolute atomic E-state index is 0.138. The molecular formula is C19H18N4O4S2. The van der Waals surface area contributed by atoms with Crippen LogP contribution in [0.4, 0.5) is 16.5 Å². The number of aromatic nitrogens is 2. The fourth-order valence-electron chi connectivity index (χ4n) is 2.63. The third kappa shape index (κ3) is 4.90. The predicted octanol–water partition coefficient (Wildman–Crippen LogP) is 3.79. The molecular weight excluding hydrogens is 412 g/mol. The lowest BCUT2D eigenvalue weighted by molar-refractivity contribution is -0.113. The van der Waals surface area contributed by atoms with Gasteiger partial charge in [-0.25, -0.2) is 0 Å². The van der Waals surface area contributed by atoms with Gasteiger partial charge in [-0.05, 0) is 24.3 Å². The van der Waals surface area contributed by atoms with Crippen LogP contribution in [-0.2, 0) is 4.79 Å². The maximum Gasteiger partial charge on any atom is 0.234 e. The van der Waals surface area contributed by atoms with E-state index in [9.17, 15) is 4.79 Å². The van der Waals surface area contributed by atoms with Crippen molar-refractivity contribution in [2.24, 2.45) is 0 Å². The molecule has 10 heteroatoms. The fourth-order valence-corrected chi connectivity index (χ4v) is 4.19. The number of fused-ring (bicyclic) bond motifs is 1. The van der Waals surface area contributed by atoms with Crippen molar-refractivity contribution in [1.29, 1.82) is 0 Å². The molecule has 3 aromatic rings. The average molecular weight is 431 g/mol. The van der Waals surface area contributed by atoms with Crippen LogP contribution in [-0.4, -0.2) is 42.2 Å². The molecule has 0 unspecified atom stereocenters. The molecule has 29 heavy (non-hydrogen) atoms. The zero-order valence-electron chi connectivity index (χ0n) is 15.5. The SMILES string of the molecule is COc1ccccc1Nc1nnc(SCC(=O)Nc2ccc3c(c2)OCCO3)s1. The summed E-state index contributed by atoms with van der Waals surface area (Å²) in [5.41, 5.74) is 1.47. The zero-order valence-corrected chi connectivity index (χ0v) is 17.1. The highest BCUT2D eigenvalue weighted by Gasteiger charge is 2.14. The number of amides is 1. The highest BCUT2D eigenvalue weighted by molar-refractivity contribution is 8.01. The van der Waals surface area contributed by atoms with Crippen molar-refractivity contribution in [1.82, 2.24) is 10.2 Å². The zero-order chi connectivity index (χ0) is 20.1. The Bertz CT molecular complexity index is 1010. The van der Waals surface area contributed by atoms with Gasteiger partial charge in [0.25, 0.3) is 0 Å². The van der Waals surface area contributed by atoms with E-state index >= 15 is 0 Å². The van der Waals surface area contributed by atoms with Crippen LogP contribution < -0.4 is 24.8 Å². The molecule has 4 rings (SSSR count). The van der Waals surface area contributed by atoms with Gasteiger partial charge in [0.1, 0.15) is 19.0 Å². The number of carbonyl (C=O) groups excluding carboxylic acids is 1. The van der Waals surface area contributed by atoms with Gasteiger partial charge in [-0.2, -0.15) is 0 Å². The number of ether oxygens (including phenoxy) is 3. The van der Waals surface area contributed by atoms with Crippen LogP contribution in [0.25, 0.3) is 0 Å². The molecule has 0 radical (unpaired) electrons. The Morgan fingerprint density at radius 2 is 2.00 bits per heavy atom. The van der Waals surface area contributed by atoms with Crippen molar-refractivity contribution in [2.45, 2.75) is 4.34 Å². The maximum atomic E-state index is 12.3. The lowest BCUT2D eigenvalue weighted by Crippen LogP contribution is -2.17. The molecule has 0 aliphatic carbocycles. The summed E-state index contributed by atoms with van der Waals surface area (Å²) in [4.78, 5) is 12.3. The van der Waals surface area contributed by atoms with Crippen LogP contribution in [0.15, 0.2) is 46.8 Å². The number of carbonyl (C=O) groups is 1. The second-order valence-corrected chi connectivity index (χ2v) is 8.09. The number of anilines is 3. The van der Waals surface area contributed by atoms with E-state index in [4.69, 9.17) is 14.2 Å². The van der Waals surface area contributed by atoms with Crippen LogP contribution in [0.5, 0.6) is 17.2 Å². The minimum Gasteiger partial charge on any atom is -0.495 e. The number of rotatable bonds is 7. The van der Waals surface area contributed by atoms with Gasteiger partial charge in [0.05, 0.1) is 18.6 Å². The summed E-state index contributed by atoms with van der Waals surface area (Å²) >= 11 is 2.69. The number of para-hydroxylation sites is 2. The maximum absolute atomic E-state index is 12.3. The van der Waals surface area contributed by atoms with Crippen molar-refractivity contribution < 1.29 is 19.0 Å². The number of nitrogens with one attached hydrogen (secondary N) is 2. The Labute approximate surface area is 175 Å². The third-order valence-corrected chi connectivity index (χ3v) is 5.88. The summed E-state index contributed by atoms with van der Waals surface area (Å²) in [6, 6.07) is 12.9. The Balaban J connectivity index is 1.31. The van der Waals surface area contributed by atoms with Gasteiger partial charge < -0.3 is 24.8 Å². The molecule has 150 valence electrons. The van der Waals surface area contributed by atoms with Gasteiger partial charge in [-0.15, -0.1) is 10.2 Å². The van der Waals surface area contributed by atoms with E-state index in [2.05, 4.69) is 20.8 Å². The van der Waals surface area contributed by atoms with E-state index in [1.165, 1.54) is 23.1 Å². The molecule has 1 aliphatic rings. The molecule has 0 atom stereocenters. The third-order valence-electron chi connectivity index (χ3n) is 3.91. The van der Waals surface area contributed by atoms with E-state index in [1.807, 2.05) is 24.3 Å². The molecule has 0 fully saturated rings. The van der Waals surface area contributed by atoms with Crippen molar-refractivity contribution in [3.8, 4) is 17.2 Å². The molecule has 2 N–H and O–H groups in total. The van der Waals surface area contributed by atoms with E-state index in [0.717, 1.165) is 11.4 Å².